The van der Waals surface area contributed by atoms with Crippen molar-refractivity contribution in [3.63, 3.8) is 0 Å². The number of nitrogens with two attached hydrogens (primary N) is 1. The van der Waals surface area contributed by atoms with Crippen molar-refractivity contribution in [1.29, 1.82) is 0 Å². The molecular formula is C13H20N2O2. The summed E-state index contributed by atoms with van der Waals surface area (Å²) >= 11 is 0. The van der Waals surface area contributed by atoms with Gasteiger partial charge in [-0.1, -0.05) is 12.1 Å². The number of hydrogen-bond donors (Lipinski definition) is 1. The Morgan fingerprint density at radius 2 is 2.29 bits per heavy atom. The lowest BCUT2D eigenvalue weighted by Gasteiger charge is -2.37. The lowest BCUT2D eigenvalue weighted by molar-refractivity contribution is 0.0959. The van der Waals surface area contributed by atoms with Gasteiger partial charge in [-0.3, -0.25) is 0 Å². The number of ether oxygens (including phenoxy) is 2. The van der Waals surface area contributed by atoms with Crippen molar-refractivity contribution in [2.75, 3.05) is 37.8 Å². The number of benzene rings is 1. The van der Waals surface area contributed by atoms with Crippen LogP contribution >= 0.6 is 0 Å². The molecule has 1 atom stereocenters. The minimum absolute atomic E-state index is 0.241. The zero-order chi connectivity index (χ0) is 12.1. The van der Waals surface area contributed by atoms with Crippen LogP contribution in [-0.4, -0.2) is 39.0 Å². The molecule has 4 nitrogen and oxygen atoms in total. The molecule has 1 aliphatic rings. The van der Waals surface area contributed by atoms with Gasteiger partial charge < -0.3 is 20.1 Å². The lowest BCUT2D eigenvalue weighted by Crippen LogP contribution is -2.49. The zero-order valence-electron chi connectivity index (χ0n) is 10.3. The number of hydrogen-bond acceptors (Lipinski definition) is 4. The Labute approximate surface area is 102 Å². The SMILES string of the molecule is CCOc1ccccc1N1CCOCC1CN. The lowest BCUT2D eigenvalue weighted by atomic mass is 10.1. The van der Waals surface area contributed by atoms with Gasteiger partial charge in [0, 0.05) is 13.1 Å². The van der Waals surface area contributed by atoms with Crippen molar-refractivity contribution < 1.29 is 9.47 Å². The summed E-state index contributed by atoms with van der Waals surface area (Å²) in [4.78, 5) is 2.29. The molecular weight excluding hydrogens is 216 g/mol. The number of nitrogens with zero attached hydrogens (tertiary/aromatic N) is 1. The molecule has 17 heavy (non-hydrogen) atoms. The van der Waals surface area contributed by atoms with Crippen molar-refractivity contribution in [1.82, 2.24) is 0 Å². The van der Waals surface area contributed by atoms with E-state index >= 15 is 0 Å². The summed E-state index contributed by atoms with van der Waals surface area (Å²) in [5, 5.41) is 0. The fraction of sp³-hybridized carbons (Fsp3) is 0.538. The van der Waals surface area contributed by atoms with Gasteiger partial charge in [-0.2, -0.15) is 0 Å². The Morgan fingerprint density at radius 1 is 1.47 bits per heavy atom. The molecule has 0 aromatic heterocycles. The molecule has 0 radical (unpaired) electrons. The van der Waals surface area contributed by atoms with Crippen LogP contribution in [-0.2, 0) is 4.74 Å². The van der Waals surface area contributed by atoms with Crippen molar-refractivity contribution in [3.05, 3.63) is 24.3 Å². The van der Waals surface area contributed by atoms with Crippen LogP contribution in [0.4, 0.5) is 5.69 Å². The average Bonchev–Trinajstić information content (AvgIpc) is 2.40. The molecule has 1 aliphatic heterocycles. The third kappa shape index (κ3) is 2.70. The van der Waals surface area contributed by atoms with Gasteiger partial charge in [-0.05, 0) is 19.1 Å². The van der Waals surface area contributed by atoms with Crippen LogP contribution in [0.15, 0.2) is 24.3 Å². The van der Waals surface area contributed by atoms with E-state index in [1.165, 1.54) is 0 Å². The fourth-order valence-electron chi connectivity index (χ4n) is 2.14. The zero-order valence-corrected chi connectivity index (χ0v) is 10.3. The molecule has 0 saturated carbocycles. The molecule has 1 unspecified atom stereocenters. The van der Waals surface area contributed by atoms with Crippen molar-refractivity contribution in [2.45, 2.75) is 13.0 Å². The summed E-state index contributed by atoms with van der Waals surface area (Å²) < 4.78 is 11.1. The van der Waals surface area contributed by atoms with Crippen molar-refractivity contribution in [3.8, 4) is 5.75 Å². The third-order valence-corrected chi connectivity index (χ3v) is 2.97. The van der Waals surface area contributed by atoms with Crippen LogP contribution in [0.25, 0.3) is 0 Å². The average molecular weight is 236 g/mol. The van der Waals surface area contributed by atoms with Gasteiger partial charge in [0.15, 0.2) is 0 Å². The highest BCUT2D eigenvalue weighted by Gasteiger charge is 2.24. The maximum absolute atomic E-state index is 5.79. The first-order valence-electron chi connectivity index (χ1n) is 6.13. The van der Waals surface area contributed by atoms with Gasteiger partial charge in [0.25, 0.3) is 0 Å². The van der Waals surface area contributed by atoms with Crippen LogP contribution in [0.2, 0.25) is 0 Å². The molecule has 1 aromatic rings. The number of para-hydroxylation sites is 2. The first-order chi connectivity index (χ1) is 8.36. The van der Waals surface area contributed by atoms with E-state index < -0.39 is 0 Å². The van der Waals surface area contributed by atoms with Gasteiger partial charge in [0.2, 0.25) is 0 Å². The summed E-state index contributed by atoms with van der Waals surface area (Å²) in [5.41, 5.74) is 6.91. The summed E-state index contributed by atoms with van der Waals surface area (Å²) in [7, 11) is 0. The van der Waals surface area contributed by atoms with E-state index in [1.54, 1.807) is 0 Å². The first kappa shape index (κ1) is 12.2. The summed E-state index contributed by atoms with van der Waals surface area (Å²) in [6.45, 7) is 5.57. The van der Waals surface area contributed by atoms with Crippen LogP contribution in [0.3, 0.4) is 0 Å². The highest BCUT2D eigenvalue weighted by atomic mass is 16.5. The van der Waals surface area contributed by atoms with E-state index in [4.69, 9.17) is 15.2 Å². The van der Waals surface area contributed by atoms with Gasteiger partial charge >= 0.3 is 0 Å². The molecule has 2 N–H and O–H groups in total. The van der Waals surface area contributed by atoms with Gasteiger partial charge in [0.05, 0.1) is 31.5 Å². The van der Waals surface area contributed by atoms with Crippen molar-refractivity contribution >= 4 is 5.69 Å². The van der Waals surface area contributed by atoms with Crippen LogP contribution < -0.4 is 15.4 Å². The molecule has 0 amide bonds. The highest BCUT2D eigenvalue weighted by Crippen LogP contribution is 2.30. The van der Waals surface area contributed by atoms with Crippen LogP contribution in [0.5, 0.6) is 5.75 Å². The minimum atomic E-state index is 0.241. The number of anilines is 1. The summed E-state index contributed by atoms with van der Waals surface area (Å²) in [6.07, 6.45) is 0. The second kappa shape index (κ2) is 5.89. The Hall–Kier alpha value is -1.26. The topological polar surface area (TPSA) is 47.7 Å². The molecule has 1 heterocycles. The molecule has 1 fully saturated rings. The fourth-order valence-corrected chi connectivity index (χ4v) is 2.14. The third-order valence-electron chi connectivity index (χ3n) is 2.97. The smallest absolute Gasteiger partial charge is 0.142 e. The molecule has 94 valence electrons. The molecule has 1 aromatic carbocycles. The highest BCUT2D eigenvalue weighted by molar-refractivity contribution is 5.59. The Bertz CT molecular complexity index is 357. The monoisotopic (exact) mass is 236 g/mol. The molecule has 1 saturated heterocycles. The predicted octanol–water partition coefficient (Wildman–Crippen LogP) is 1.25. The number of rotatable bonds is 4. The van der Waals surface area contributed by atoms with E-state index in [0.29, 0.717) is 19.8 Å². The normalized spacial score (nSPS) is 20.4. The quantitative estimate of drug-likeness (QED) is 0.854. The summed E-state index contributed by atoms with van der Waals surface area (Å²) in [5.74, 6) is 0.926. The van der Waals surface area contributed by atoms with E-state index in [0.717, 1.165) is 24.6 Å². The Morgan fingerprint density at radius 3 is 3.06 bits per heavy atom. The molecule has 0 aliphatic carbocycles. The largest absolute Gasteiger partial charge is 0.492 e. The second-order valence-corrected chi connectivity index (χ2v) is 4.06. The van der Waals surface area contributed by atoms with E-state index in [1.807, 2.05) is 25.1 Å². The van der Waals surface area contributed by atoms with Gasteiger partial charge in [0.1, 0.15) is 5.75 Å². The molecule has 2 rings (SSSR count). The predicted molar refractivity (Wildman–Crippen MR) is 68.6 cm³/mol. The maximum Gasteiger partial charge on any atom is 0.142 e. The van der Waals surface area contributed by atoms with Gasteiger partial charge in [-0.15, -0.1) is 0 Å². The Balaban J connectivity index is 2.24. The maximum atomic E-state index is 5.79. The standard InChI is InChI=1S/C13H20N2O2/c1-2-17-13-6-4-3-5-12(13)15-7-8-16-10-11(15)9-14/h3-6,11H,2,7-10,14H2,1H3. The summed E-state index contributed by atoms with van der Waals surface area (Å²) in [6, 6.07) is 8.35. The molecule has 4 heteroatoms. The van der Waals surface area contributed by atoms with Crippen LogP contribution in [0, 0.1) is 0 Å². The Kier molecular flexibility index (Phi) is 4.23. The second-order valence-electron chi connectivity index (χ2n) is 4.06. The molecule has 0 bridgehead atoms. The van der Waals surface area contributed by atoms with E-state index in [2.05, 4.69) is 11.0 Å². The number of morpholine rings is 1. The minimum Gasteiger partial charge on any atom is -0.492 e. The van der Waals surface area contributed by atoms with Gasteiger partial charge in [-0.25, -0.2) is 0 Å². The van der Waals surface area contributed by atoms with E-state index in [9.17, 15) is 0 Å². The van der Waals surface area contributed by atoms with Crippen LogP contribution in [0.1, 0.15) is 6.92 Å². The molecule has 0 spiro atoms. The van der Waals surface area contributed by atoms with Crippen molar-refractivity contribution in [2.24, 2.45) is 5.73 Å². The van der Waals surface area contributed by atoms with E-state index in [-0.39, 0.29) is 6.04 Å². The first-order valence-corrected chi connectivity index (χ1v) is 6.13.